The molecule has 1 aromatic heterocycles. The van der Waals surface area contributed by atoms with Crippen LogP contribution in [0, 0.1) is 0 Å². The summed E-state index contributed by atoms with van der Waals surface area (Å²) in [4.78, 5) is 31.8. The monoisotopic (exact) mass is 416 g/mol. The average molecular weight is 416 g/mol. The number of alkyl halides is 3. The maximum atomic E-state index is 12.8. The van der Waals surface area contributed by atoms with Gasteiger partial charge in [-0.1, -0.05) is 6.07 Å². The van der Waals surface area contributed by atoms with E-state index in [-0.39, 0.29) is 18.8 Å². The number of rotatable bonds is 4. The third-order valence-electron chi connectivity index (χ3n) is 4.58. The molecule has 1 aliphatic heterocycles. The van der Waals surface area contributed by atoms with Crippen LogP contribution in [0.3, 0.4) is 0 Å². The van der Waals surface area contributed by atoms with Crippen molar-refractivity contribution >= 4 is 34.2 Å². The Morgan fingerprint density at radius 2 is 1.80 bits per heavy atom. The highest BCUT2D eigenvalue weighted by Gasteiger charge is 2.37. The van der Waals surface area contributed by atoms with E-state index in [2.05, 4.69) is 9.72 Å². The SMILES string of the molecule is Nc1ccc2c(CN3CC(=O)N(c4ccc(OC(F)(F)F)cc4)C3=O)ccnc2c1. The molecule has 0 spiro atoms. The maximum Gasteiger partial charge on any atom is 0.573 e. The lowest BCUT2D eigenvalue weighted by Gasteiger charge is -2.18. The molecule has 2 heterocycles. The molecule has 7 nitrogen and oxygen atoms in total. The number of anilines is 2. The number of amides is 3. The van der Waals surface area contributed by atoms with E-state index in [0.29, 0.717) is 11.2 Å². The first-order valence-corrected chi connectivity index (χ1v) is 8.82. The number of ether oxygens (including phenoxy) is 1. The van der Waals surface area contributed by atoms with E-state index in [1.54, 1.807) is 30.5 Å². The summed E-state index contributed by atoms with van der Waals surface area (Å²) >= 11 is 0. The van der Waals surface area contributed by atoms with Gasteiger partial charge in [0.1, 0.15) is 12.3 Å². The van der Waals surface area contributed by atoms with Gasteiger partial charge in [0.2, 0.25) is 0 Å². The second-order valence-electron chi connectivity index (χ2n) is 6.66. The molecule has 10 heteroatoms. The molecule has 3 aromatic rings. The first-order valence-electron chi connectivity index (χ1n) is 8.82. The lowest BCUT2D eigenvalue weighted by atomic mass is 10.1. The van der Waals surface area contributed by atoms with Gasteiger partial charge < -0.3 is 15.4 Å². The maximum absolute atomic E-state index is 12.8. The third-order valence-corrected chi connectivity index (χ3v) is 4.58. The van der Waals surface area contributed by atoms with Crippen LogP contribution < -0.4 is 15.4 Å². The number of nitrogen functional groups attached to an aromatic ring is 1. The van der Waals surface area contributed by atoms with Crippen LogP contribution in [0.2, 0.25) is 0 Å². The van der Waals surface area contributed by atoms with Gasteiger partial charge in [0.05, 0.1) is 11.2 Å². The summed E-state index contributed by atoms with van der Waals surface area (Å²) in [5.41, 5.74) is 7.96. The zero-order chi connectivity index (χ0) is 21.5. The lowest BCUT2D eigenvalue weighted by molar-refractivity contribution is -0.274. The summed E-state index contributed by atoms with van der Waals surface area (Å²) in [5.74, 6) is -0.920. The number of carbonyl (C=O) groups excluding carboxylic acids is 2. The molecule has 2 N–H and O–H groups in total. The van der Waals surface area contributed by atoms with Crippen LogP contribution in [0.15, 0.2) is 54.7 Å². The van der Waals surface area contributed by atoms with E-state index in [4.69, 9.17) is 5.73 Å². The van der Waals surface area contributed by atoms with Gasteiger partial charge in [-0.15, -0.1) is 13.2 Å². The Hall–Kier alpha value is -3.82. The van der Waals surface area contributed by atoms with E-state index >= 15 is 0 Å². The van der Waals surface area contributed by atoms with Crippen molar-refractivity contribution in [3.05, 3.63) is 60.3 Å². The fourth-order valence-corrected chi connectivity index (χ4v) is 3.29. The van der Waals surface area contributed by atoms with Crippen molar-refractivity contribution in [2.45, 2.75) is 12.9 Å². The number of urea groups is 1. The highest BCUT2D eigenvalue weighted by atomic mass is 19.4. The largest absolute Gasteiger partial charge is 0.573 e. The number of nitrogens with two attached hydrogens (primary N) is 1. The predicted octanol–water partition coefficient (Wildman–Crippen LogP) is 3.68. The van der Waals surface area contributed by atoms with E-state index in [0.717, 1.165) is 28.0 Å². The minimum absolute atomic E-state index is 0.154. The van der Waals surface area contributed by atoms with Gasteiger partial charge in [-0.2, -0.15) is 0 Å². The normalized spacial score (nSPS) is 14.6. The number of hydrogen-bond acceptors (Lipinski definition) is 5. The molecular weight excluding hydrogens is 401 g/mol. The van der Waals surface area contributed by atoms with Gasteiger partial charge >= 0.3 is 12.4 Å². The first kappa shape index (κ1) is 19.5. The Morgan fingerprint density at radius 1 is 1.07 bits per heavy atom. The first-order chi connectivity index (χ1) is 14.2. The molecule has 1 saturated heterocycles. The molecule has 1 fully saturated rings. The summed E-state index contributed by atoms with van der Waals surface area (Å²) in [6.45, 7) is 0.0116. The van der Waals surface area contributed by atoms with Crippen molar-refractivity contribution in [1.82, 2.24) is 9.88 Å². The Kier molecular flexibility index (Phi) is 4.69. The molecule has 154 valence electrons. The van der Waals surface area contributed by atoms with Gasteiger partial charge in [-0.3, -0.25) is 9.78 Å². The molecule has 1 aliphatic rings. The highest BCUT2D eigenvalue weighted by molar-refractivity contribution is 6.19. The van der Waals surface area contributed by atoms with Crippen molar-refractivity contribution in [3.63, 3.8) is 0 Å². The number of fused-ring (bicyclic) bond motifs is 1. The molecule has 0 unspecified atom stereocenters. The van der Waals surface area contributed by atoms with E-state index in [9.17, 15) is 22.8 Å². The second-order valence-corrected chi connectivity index (χ2v) is 6.66. The number of nitrogens with zero attached hydrogens (tertiary/aromatic N) is 3. The van der Waals surface area contributed by atoms with Crippen LogP contribution in [0.5, 0.6) is 5.75 Å². The van der Waals surface area contributed by atoms with Gasteiger partial charge in [0.15, 0.2) is 0 Å². The molecule has 0 radical (unpaired) electrons. The average Bonchev–Trinajstić information content (AvgIpc) is 2.94. The molecule has 0 aliphatic carbocycles. The lowest BCUT2D eigenvalue weighted by Crippen LogP contribution is -2.32. The second kappa shape index (κ2) is 7.21. The zero-order valence-electron chi connectivity index (χ0n) is 15.4. The Morgan fingerprint density at radius 3 is 2.50 bits per heavy atom. The van der Waals surface area contributed by atoms with E-state index in [1.807, 2.05) is 0 Å². The van der Waals surface area contributed by atoms with Crippen molar-refractivity contribution < 1.29 is 27.5 Å². The molecule has 30 heavy (non-hydrogen) atoms. The standard InChI is InChI=1S/C20H15F3N4O3/c21-20(22,23)30-15-4-2-14(3-5-15)27-18(28)11-26(19(27)29)10-12-7-8-25-17-9-13(24)1-6-16(12)17/h1-9H,10-11,24H2. The predicted molar refractivity (Wildman–Crippen MR) is 103 cm³/mol. The molecule has 0 saturated carbocycles. The molecular formula is C20H15F3N4O3. The minimum atomic E-state index is -4.82. The molecule has 0 atom stereocenters. The number of aromatic nitrogens is 1. The van der Waals surface area contributed by atoms with Crippen LogP contribution in [0.1, 0.15) is 5.56 Å². The number of carbonyl (C=O) groups is 2. The van der Waals surface area contributed by atoms with Crippen molar-refractivity contribution in [3.8, 4) is 5.75 Å². The van der Waals surface area contributed by atoms with Gasteiger partial charge in [-0.05, 0) is 48.0 Å². The summed E-state index contributed by atoms with van der Waals surface area (Å²) < 4.78 is 40.7. The van der Waals surface area contributed by atoms with E-state index < -0.39 is 24.1 Å². The fraction of sp³-hybridized carbons (Fsp3) is 0.150. The quantitative estimate of drug-likeness (QED) is 0.518. The molecule has 2 aromatic carbocycles. The van der Waals surface area contributed by atoms with Crippen LogP contribution >= 0.6 is 0 Å². The number of benzene rings is 2. The Bertz CT molecular complexity index is 1130. The number of pyridine rings is 1. The summed E-state index contributed by atoms with van der Waals surface area (Å²) in [6, 6.07) is 11.0. The van der Waals surface area contributed by atoms with Crippen molar-refractivity contribution in [2.75, 3.05) is 17.2 Å². The Balaban J connectivity index is 1.55. The summed E-state index contributed by atoms with van der Waals surface area (Å²) in [7, 11) is 0. The zero-order valence-corrected chi connectivity index (χ0v) is 15.4. The van der Waals surface area contributed by atoms with Crippen molar-refractivity contribution in [2.24, 2.45) is 0 Å². The minimum Gasteiger partial charge on any atom is -0.406 e. The van der Waals surface area contributed by atoms with Gasteiger partial charge in [-0.25, -0.2) is 9.69 Å². The van der Waals surface area contributed by atoms with Crippen LogP contribution in [-0.4, -0.2) is 34.7 Å². The van der Waals surface area contributed by atoms with Crippen LogP contribution in [0.4, 0.5) is 29.3 Å². The van der Waals surface area contributed by atoms with Gasteiger partial charge in [0, 0.05) is 23.8 Å². The fourth-order valence-electron chi connectivity index (χ4n) is 3.29. The van der Waals surface area contributed by atoms with Gasteiger partial charge in [0.25, 0.3) is 5.91 Å². The number of hydrogen-bond donors (Lipinski definition) is 1. The smallest absolute Gasteiger partial charge is 0.406 e. The van der Waals surface area contributed by atoms with Crippen LogP contribution in [-0.2, 0) is 11.3 Å². The van der Waals surface area contributed by atoms with Crippen LogP contribution in [0.25, 0.3) is 10.9 Å². The number of halogens is 3. The number of imide groups is 1. The summed E-state index contributed by atoms with van der Waals surface area (Å²) in [5, 5.41) is 0.805. The molecule has 3 amide bonds. The molecule has 4 rings (SSSR count). The highest BCUT2D eigenvalue weighted by Crippen LogP contribution is 2.29. The Labute approximate surface area is 168 Å². The molecule has 0 bridgehead atoms. The third kappa shape index (κ3) is 3.84. The summed E-state index contributed by atoms with van der Waals surface area (Å²) in [6.07, 6.45) is -3.23. The van der Waals surface area contributed by atoms with Crippen molar-refractivity contribution in [1.29, 1.82) is 0 Å². The topological polar surface area (TPSA) is 88.8 Å². The van der Waals surface area contributed by atoms with E-state index in [1.165, 1.54) is 17.0 Å².